The minimum atomic E-state index is -0.243. The number of amides is 3. The van der Waals surface area contributed by atoms with Gasteiger partial charge in [0.25, 0.3) is 17.7 Å². The molecular formula is C21H27N4O4+. The number of likely N-dealkylation sites (N-methyl/N-ethyl adjacent to an activating group) is 1. The zero-order valence-corrected chi connectivity index (χ0v) is 16.9. The highest BCUT2D eigenvalue weighted by Gasteiger charge is 2.15. The number of anilines is 2. The molecule has 0 aliphatic carbocycles. The van der Waals surface area contributed by atoms with E-state index in [0.717, 1.165) is 4.90 Å². The number of rotatable bonds is 9. The molecule has 0 aliphatic heterocycles. The maximum atomic E-state index is 12.3. The normalized spacial score (nSPS) is 11.3. The zero-order valence-electron chi connectivity index (χ0n) is 16.9. The van der Waals surface area contributed by atoms with Crippen LogP contribution in [0.25, 0.3) is 0 Å². The summed E-state index contributed by atoms with van der Waals surface area (Å²) >= 11 is 0. The summed E-state index contributed by atoms with van der Waals surface area (Å²) < 4.78 is 5.08. The molecule has 29 heavy (non-hydrogen) atoms. The summed E-state index contributed by atoms with van der Waals surface area (Å²) in [5.41, 5.74) is 1.67. The molecule has 154 valence electrons. The van der Waals surface area contributed by atoms with Crippen molar-refractivity contribution in [3.8, 4) is 5.75 Å². The molecule has 0 radical (unpaired) electrons. The van der Waals surface area contributed by atoms with Gasteiger partial charge in [-0.05, 0) is 49.4 Å². The minimum absolute atomic E-state index is 0.113. The maximum absolute atomic E-state index is 12.3. The molecule has 1 unspecified atom stereocenters. The van der Waals surface area contributed by atoms with E-state index in [1.807, 2.05) is 6.92 Å². The Labute approximate surface area is 170 Å². The third-order valence-corrected chi connectivity index (χ3v) is 4.04. The van der Waals surface area contributed by atoms with Crippen LogP contribution < -0.4 is 25.6 Å². The van der Waals surface area contributed by atoms with E-state index < -0.39 is 0 Å². The van der Waals surface area contributed by atoms with Gasteiger partial charge in [0.2, 0.25) is 0 Å². The molecule has 0 saturated carbocycles. The second-order valence-electron chi connectivity index (χ2n) is 6.58. The van der Waals surface area contributed by atoms with Gasteiger partial charge in [-0.15, -0.1) is 0 Å². The van der Waals surface area contributed by atoms with Gasteiger partial charge in [-0.3, -0.25) is 14.4 Å². The maximum Gasteiger partial charge on any atom is 0.279 e. The van der Waals surface area contributed by atoms with Crippen molar-refractivity contribution in [2.24, 2.45) is 0 Å². The van der Waals surface area contributed by atoms with Crippen molar-refractivity contribution in [3.63, 3.8) is 0 Å². The van der Waals surface area contributed by atoms with E-state index in [4.69, 9.17) is 4.74 Å². The van der Waals surface area contributed by atoms with Crippen LogP contribution in [0.3, 0.4) is 0 Å². The van der Waals surface area contributed by atoms with E-state index in [1.165, 1.54) is 0 Å². The Balaban J connectivity index is 1.83. The lowest BCUT2D eigenvalue weighted by Crippen LogP contribution is -3.11. The molecule has 2 aromatic carbocycles. The first-order valence-electron chi connectivity index (χ1n) is 9.34. The number of ether oxygens (including phenoxy) is 1. The zero-order chi connectivity index (χ0) is 21.2. The van der Waals surface area contributed by atoms with Crippen LogP contribution in [0.15, 0.2) is 48.5 Å². The Bertz CT molecular complexity index is 852. The Morgan fingerprint density at radius 3 is 2.14 bits per heavy atom. The predicted octanol–water partition coefficient (Wildman–Crippen LogP) is 0.537. The number of hydrogen-bond donors (Lipinski definition) is 4. The van der Waals surface area contributed by atoms with Gasteiger partial charge in [0.15, 0.2) is 13.1 Å². The second kappa shape index (κ2) is 10.8. The molecule has 8 heteroatoms. The average Bonchev–Trinajstić information content (AvgIpc) is 2.68. The highest BCUT2D eigenvalue weighted by Crippen LogP contribution is 2.14. The smallest absolute Gasteiger partial charge is 0.279 e. The Kier molecular flexibility index (Phi) is 8.17. The van der Waals surface area contributed by atoms with Crippen molar-refractivity contribution in [2.75, 3.05) is 44.4 Å². The van der Waals surface area contributed by atoms with Gasteiger partial charge in [-0.1, -0.05) is 6.07 Å². The van der Waals surface area contributed by atoms with E-state index in [1.54, 1.807) is 62.7 Å². The van der Waals surface area contributed by atoms with Crippen LogP contribution in [0.5, 0.6) is 5.75 Å². The fourth-order valence-corrected chi connectivity index (χ4v) is 2.70. The molecule has 1 atom stereocenters. The summed E-state index contributed by atoms with van der Waals surface area (Å²) in [6, 6.07) is 13.7. The molecule has 0 aromatic heterocycles. The number of quaternary nitrogens is 1. The average molecular weight is 399 g/mol. The van der Waals surface area contributed by atoms with Gasteiger partial charge in [0, 0.05) is 23.5 Å². The van der Waals surface area contributed by atoms with Crippen LogP contribution in [-0.2, 0) is 9.59 Å². The van der Waals surface area contributed by atoms with Crippen molar-refractivity contribution in [1.82, 2.24) is 5.32 Å². The van der Waals surface area contributed by atoms with Gasteiger partial charge in [0.05, 0.1) is 14.2 Å². The molecule has 0 fully saturated rings. The van der Waals surface area contributed by atoms with Crippen molar-refractivity contribution in [1.29, 1.82) is 0 Å². The van der Waals surface area contributed by atoms with E-state index >= 15 is 0 Å². The van der Waals surface area contributed by atoms with Gasteiger partial charge in [-0.25, -0.2) is 0 Å². The number of nitrogens with one attached hydrogen (secondary N) is 4. The summed E-state index contributed by atoms with van der Waals surface area (Å²) in [4.78, 5) is 37.0. The van der Waals surface area contributed by atoms with Crippen LogP contribution >= 0.6 is 0 Å². The molecule has 8 nitrogen and oxygen atoms in total. The highest BCUT2D eigenvalue weighted by atomic mass is 16.5. The van der Waals surface area contributed by atoms with Crippen LogP contribution in [0, 0.1) is 0 Å². The van der Waals surface area contributed by atoms with Gasteiger partial charge < -0.3 is 25.6 Å². The lowest BCUT2D eigenvalue weighted by molar-refractivity contribution is -0.862. The number of carbonyl (C=O) groups is 3. The molecule has 0 saturated heterocycles. The molecule has 0 bridgehead atoms. The first-order chi connectivity index (χ1) is 13.9. The summed E-state index contributed by atoms with van der Waals surface area (Å²) in [6.45, 7) is 2.62. The van der Waals surface area contributed by atoms with Crippen molar-refractivity contribution in [2.45, 2.75) is 6.92 Å². The number of benzene rings is 2. The molecule has 0 aliphatic rings. The molecule has 2 aromatic rings. The highest BCUT2D eigenvalue weighted by molar-refractivity contribution is 5.97. The van der Waals surface area contributed by atoms with Crippen molar-refractivity contribution < 1.29 is 24.0 Å². The van der Waals surface area contributed by atoms with Crippen molar-refractivity contribution in [3.05, 3.63) is 54.1 Å². The Hall–Kier alpha value is -3.39. The summed E-state index contributed by atoms with van der Waals surface area (Å²) in [5.74, 6) is 0.0756. The Morgan fingerprint density at radius 1 is 0.931 bits per heavy atom. The lowest BCUT2D eigenvalue weighted by Gasteiger charge is -2.14. The first kappa shape index (κ1) is 21.9. The third-order valence-electron chi connectivity index (χ3n) is 4.04. The fraction of sp³-hybridized carbons (Fsp3) is 0.286. The molecule has 0 spiro atoms. The lowest BCUT2D eigenvalue weighted by atomic mass is 10.2. The molecule has 0 heterocycles. The Morgan fingerprint density at radius 2 is 1.55 bits per heavy atom. The summed E-state index contributed by atoms with van der Waals surface area (Å²) in [6.07, 6.45) is 0. The largest absolute Gasteiger partial charge is 0.497 e. The summed E-state index contributed by atoms with van der Waals surface area (Å²) in [7, 11) is 3.34. The molecular weight excluding hydrogens is 372 g/mol. The second-order valence-corrected chi connectivity index (χ2v) is 6.58. The van der Waals surface area contributed by atoms with Crippen molar-refractivity contribution >= 4 is 29.1 Å². The van der Waals surface area contributed by atoms with Crippen LogP contribution in [0.4, 0.5) is 11.4 Å². The molecule has 2 rings (SSSR count). The van der Waals surface area contributed by atoms with Gasteiger partial charge in [-0.2, -0.15) is 0 Å². The van der Waals surface area contributed by atoms with E-state index in [2.05, 4.69) is 16.0 Å². The van der Waals surface area contributed by atoms with Crippen LogP contribution in [-0.4, -0.2) is 51.5 Å². The van der Waals surface area contributed by atoms with Crippen LogP contribution in [0.2, 0.25) is 0 Å². The number of methoxy groups -OCH3 is 1. The number of hydrogen-bond acceptors (Lipinski definition) is 4. The molecule has 4 N–H and O–H groups in total. The van der Waals surface area contributed by atoms with Crippen LogP contribution in [0.1, 0.15) is 17.3 Å². The van der Waals surface area contributed by atoms with E-state index in [9.17, 15) is 14.4 Å². The topological polar surface area (TPSA) is 101 Å². The van der Waals surface area contributed by atoms with Gasteiger partial charge >= 0.3 is 0 Å². The van der Waals surface area contributed by atoms with E-state index in [-0.39, 0.29) is 30.8 Å². The first-order valence-corrected chi connectivity index (χ1v) is 9.34. The standard InChI is InChI=1S/C21H26N4O4/c1-4-22-21(28)15-6-5-7-17(12-15)24-20(27)14-25(2)13-19(26)23-16-8-10-18(29-3)11-9-16/h5-12H,4,13-14H2,1-3H3,(H,22,28)(H,23,26)(H,24,27)/p+1. The fourth-order valence-electron chi connectivity index (χ4n) is 2.70. The molecule has 3 amide bonds. The monoisotopic (exact) mass is 399 g/mol. The predicted molar refractivity (Wildman–Crippen MR) is 111 cm³/mol. The minimum Gasteiger partial charge on any atom is -0.497 e. The summed E-state index contributed by atoms with van der Waals surface area (Å²) in [5, 5.41) is 8.26. The third kappa shape index (κ3) is 7.27. The number of carbonyl (C=O) groups excluding carboxylic acids is 3. The van der Waals surface area contributed by atoms with E-state index in [0.29, 0.717) is 29.2 Å². The SMILES string of the molecule is CCNC(=O)c1cccc(NC(=O)C[NH+](C)CC(=O)Nc2ccc(OC)cc2)c1. The quantitative estimate of drug-likeness (QED) is 0.494. The van der Waals surface area contributed by atoms with Gasteiger partial charge in [0.1, 0.15) is 5.75 Å².